The summed E-state index contributed by atoms with van der Waals surface area (Å²) < 4.78 is 7.50. The Balaban J connectivity index is 1.54. The first-order valence-electron chi connectivity index (χ1n) is 8.57. The number of aryl methyl sites for hydroxylation is 1. The van der Waals surface area contributed by atoms with Crippen LogP contribution >= 0.6 is 0 Å². The largest absolute Gasteiger partial charge is 0.379 e. The van der Waals surface area contributed by atoms with Crippen molar-refractivity contribution in [2.75, 3.05) is 31.6 Å². The molecule has 2 aromatic rings. The minimum absolute atomic E-state index is 0.0665. The van der Waals surface area contributed by atoms with Crippen molar-refractivity contribution < 1.29 is 9.53 Å². The van der Waals surface area contributed by atoms with Gasteiger partial charge in [-0.1, -0.05) is 12.8 Å². The zero-order valence-corrected chi connectivity index (χ0v) is 14.0. The van der Waals surface area contributed by atoms with Gasteiger partial charge in [0.1, 0.15) is 0 Å². The molecule has 0 unspecified atom stereocenters. The monoisotopic (exact) mass is 329 g/mol. The first-order valence-corrected chi connectivity index (χ1v) is 8.57. The predicted octanol–water partition coefficient (Wildman–Crippen LogP) is 2.39. The van der Waals surface area contributed by atoms with Crippen LogP contribution in [0.1, 0.15) is 25.7 Å². The maximum atomic E-state index is 12.8. The van der Waals surface area contributed by atoms with Crippen molar-refractivity contribution in [1.82, 2.24) is 19.7 Å². The van der Waals surface area contributed by atoms with Gasteiger partial charge in [-0.25, -0.2) is 9.78 Å². The van der Waals surface area contributed by atoms with Gasteiger partial charge in [-0.15, -0.1) is 0 Å². The van der Waals surface area contributed by atoms with Crippen LogP contribution in [0.15, 0.2) is 18.5 Å². The van der Waals surface area contributed by atoms with Crippen molar-refractivity contribution >= 4 is 22.8 Å². The lowest BCUT2D eigenvalue weighted by Gasteiger charge is -2.31. The normalized spacial score (nSPS) is 20.5. The highest BCUT2D eigenvalue weighted by atomic mass is 16.5. The summed E-state index contributed by atoms with van der Waals surface area (Å²) in [6.45, 7) is 2.79. The second-order valence-electron chi connectivity index (χ2n) is 6.98. The summed E-state index contributed by atoms with van der Waals surface area (Å²) in [5.74, 6) is 0. The molecule has 3 heterocycles. The summed E-state index contributed by atoms with van der Waals surface area (Å²) in [7, 11) is 1.84. The Labute approximate surface area is 141 Å². The van der Waals surface area contributed by atoms with Crippen LogP contribution < -0.4 is 5.32 Å². The van der Waals surface area contributed by atoms with Crippen LogP contribution in [0.25, 0.3) is 11.0 Å². The Kier molecular flexibility index (Phi) is 3.88. The molecule has 7 heteroatoms. The Morgan fingerprint density at radius 3 is 3.04 bits per heavy atom. The molecule has 2 fully saturated rings. The third-order valence-electron chi connectivity index (χ3n) is 5.27. The molecular formula is C17H23N5O2. The molecule has 1 spiro atoms. The highest BCUT2D eigenvalue weighted by Gasteiger charge is 2.38. The van der Waals surface area contributed by atoms with Gasteiger partial charge in [-0.3, -0.25) is 4.68 Å². The third kappa shape index (κ3) is 2.73. The summed E-state index contributed by atoms with van der Waals surface area (Å²) in [5, 5.41) is 8.12. The van der Waals surface area contributed by atoms with Crippen LogP contribution in [0.2, 0.25) is 0 Å². The number of carbonyl (C=O) groups is 1. The van der Waals surface area contributed by atoms with Gasteiger partial charge in [0.05, 0.1) is 30.5 Å². The number of nitrogens with one attached hydrogen (secondary N) is 1. The van der Waals surface area contributed by atoms with Crippen LogP contribution in [0.5, 0.6) is 0 Å². The molecule has 128 valence electrons. The Morgan fingerprint density at radius 2 is 2.21 bits per heavy atom. The Bertz CT molecular complexity index is 751. The second-order valence-corrected chi connectivity index (χ2v) is 6.98. The van der Waals surface area contributed by atoms with Crippen molar-refractivity contribution in [3.8, 4) is 0 Å². The Morgan fingerprint density at radius 1 is 1.38 bits per heavy atom. The maximum absolute atomic E-state index is 12.8. The fraction of sp³-hybridized carbons (Fsp3) is 0.588. The van der Waals surface area contributed by atoms with E-state index in [1.54, 1.807) is 17.1 Å². The van der Waals surface area contributed by atoms with Crippen LogP contribution in [0.4, 0.5) is 10.5 Å². The van der Waals surface area contributed by atoms with E-state index in [0.717, 1.165) is 42.7 Å². The van der Waals surface area contributed by atoms with Gasteiger partial charge in [-0.2, -0.15) is 5.10 Å². The number of anilines is 1. The van der Waals surface area contributed by atoms with Gasteiger partial charge >= 0.3 is 6.03 Å². The zero-order valence-electron chi connectivity index (χ0n) is 14.0. The molecule has 1 aliphatic carbocycles. The van der Waals surface area contributed by atoms with E-state index in [4.69, 9.17) is 4.74 Å². The van der Waals surface area contributed by atoms with Crippen LogP contribution in [-0.4, -0.2) is 52.0 Å². The number of ether oxygens (including phenoxy) is 1. The molecular weight excluding hydrogens is 306 g/mol. The maximum Gasteiger partial charge on any atom is 0.321 e. The van der Waals surface area contributed by atoms with Crippen molar-refractivity contribution in [3.05, 3.63) is 18.5 Å². The standard InChI is InChI=1S/C17H23N5O2/c1-21-15-13(10-19-21)14(4-7-18-15)20-16(23)22-8-9-24-12-17(11-22)5-2-3-6-17/h4,7,10H,2-3,5-6,8-9,11-12H2,1H3,(H,18,20,23). The van der Waals surface area contributed by atoms with Crippen molar-refractivity contribution in [2.45, 2.75) is 25.7 Å². The minimum Gasteiger partial charge on any atom is -0.379 e. The number of hydrogen-bond acceptors (Lipinski definition) is 4. The van der Waals surface area contributed by atoms with Gasteiger partial charge in [0, 0.05) is 31.7 Å². The molecule has 0 radical (unpaired) electrons. The van der Waals surface area contributed by atoms with Gasteiger partial charge in [0.2, 0.25) is 0 Å². The van der Waals surface area contributed by atoms with E-state index in [2.05, 4.69) is 15.4 Å². The predicted molar refractivity (Wildman–Crippen MR) is 90.8 cm³/mol. The number of hydrogen-bond donors (Lipinski definition) is 1. The number of rotatable bonds is 1. The van der Waals surface area contributed by atoms with Gasteiger partial charge in [0.25, 0.3) is 0 Å². The van der Waals surface area contributed by atoms with E-state index >= 15 is 0 Å². The van der Waals surface area contributed by atoms with Crippen LogP contribution in [-0.2, 0) is 11.8 Å². The number of pyridine rings is 1. The Hall–Kier alpha value is -2.15. The van der Waals surface area contributed by atoms with E-state index in [1.807, 2.05) is 18.0 Å². The van der Waals surface area contributed by atoms with Crippen molar-refractivity contribution in [1.29, 1.82) is 0 Å². The highest BCUT2D eigenvalue weighted by molar-refractivity contribution is 5.99. The SMILES string of the molecule is Cn1ncc2c(NC(=O)N3CCOCC4(CCCC4)C3)ccnc21. The quantitative estimate of drug-likeness (QED) is 0.872. The van der Waals surface area contributed by atoms with E-state index in [1.165, 1.54) is 12.8 Å². The first kappa shape index (κ1) is 15.4. The lowest BCUT2D eigenvalue weighted by Crippen LogP contribution is -2.42. The number of fused-ring (bicyclic) bond motifs is 1. The fourth-order valence-electron chi connectivity index (χ4n) is 3.94. The minimum atomic E-state index is -0.0665. The van der Waals surface area contributed by atoms with E-state index in [0.29, 0.717) is 13.2 Å². The summed E-state index contributed by atoms with van der Waals surface area (Å²) in [4.78, 5) is 19.0. The summed E-state index contributed by atoms with van der Waals surface area (Å²) in [5.41, 5.74) is 1.67. The average molecular weight is 329 g/mol. The molecule has 1 saturated heterocycles. The van der Waals surface area contributed by atoms with Gasteiger partial charge < -0.3 is 15.0 Å². The molecule has 0 aromatic carbocycles. The molecule has 4 rings (SSSR count). The summed E-state index contributed by atoms with van der Waals surface area (Å²) >= 11 is 0. The molecule has 1 N–H and O–H groups in total. The van der Waals surface area contributed by atoms with Crippen molar-refractivity contribution in [2.24, 2.45) is 12.5 Å². The number of aromatic nitrogens is 3. The van der Waals surface area contributed by atoms with Crippen LogP contribution in [0, 0.1) is 5.41 Å². The van der Waals surface area contributed by atoms with E-state index in [9.17, 15) is 4.79 Å². The molecule has 0 bridgehead atoms. The lowest BCUT2D eigenvalue weighted by molar-refractivity contribution is 0.0718. The fourth-order valence-corrected chi connectivity index (χ4v) is 3.94. The number of amides is 2. The highest BCUT2D eigenvalue weighted by Crippen LogP contribution is 2.40. The van der Waals surface area contributed by atoms with Crippen LogP contribution in [0.3, 0.4) is 0 Å². The number of urea groups is 1. The zero-order chi connectivity index (χ0) is 16.6. The molecule has 7 nitrogen and oxygen atoms in total. The molecule has 24 heavy (non-hydrogen) atoms. The smallest absolute Gasteiger partial charge is 0.321 e. The van der Waals surface area contributed by atoms with Crippen molar-refractivity contribution in [3.63, 3.8) is 0 Å². The van der Waals surface area contributed by atoms with Gasteiger partial charge in [-0.05, 0) is 18.9 Å². The molecule has 2 aliphatic rings. The molecule has 2 amide bonds. The van der Waals surface area contributed by atoms with E-state index < -0.39 is 0 Å². The summed E-state index contributed by atoms with van der Waals surface area (Å²) in [6, 6.07) is 1.75. The lowest BCUT2D eigenvalue weighted by atomic mass is 9.87. The average Bonchev–Trinajstić information content (AvgIpc) is 3.12. The topological polar surface area (TPSA) is 72.3 Å². The van der Waals surface area contributed by atoms with E-state index in [-0.39, 0.29) is 11.4 Å². The first-order chi connectivity index (χ1) is 11.7. The molecule has 1 aliphatic heterocycles. The molecule has 1 saturated carbocycles. The molecule has 0 atom stereocenters. The molecule has 2 aromatic heterocycles. The number of nitrogens with zero attached hydrogens (tertiary/aromatic N) is 4. The second kappa shape index (κ2) is 6.05. The summed E-state index contributed by atoms with van der Waals surface area (Å²) in [6.07, 6.45) is 8.21. The number of carbonyl (C=O) groups excluding carboxylic acids is 1. The van der Waals surface area contributed by atoms with Gasteiger partial charge in [0.15, 0.2) is 5.65 Å². The third-order valence-corrected chi connectivity index (χ3v) is 5.27.